The number of rotatable bonds is 4. The van der Waals surface area contributed by atoms with Gasteiger partial charge in [0.05, 0.1) is 7.11 Å². The smallest absolute Gasteiger partial charge is 0.169 e. The number of halogens is 2. The molecule has 104 valence electrons. The zero-order valence-electron chi connectivity index (χ0n) is 10.8. The number of nitrogens with two attached hydrogens (primary N) is 1. The highest BCUT2D eigenvalue weighted by molar-refractivity contribution is 9.10. The molecule has 3 nitrogen and oxygen atoms in total. The molecule has 0 spiro atoms. The van der Waals surface area contributed by atoms with E-state index in [1.54, 1.807) is 25.3 Å². The van der Waals surface area contributed by atoms with Crippen molar-refractivity contribution >= 4 is 39.0 Å². The third kappa shape index (κ3) is 3.32. The van der Waals surface area contributed by atoms with Crippen molar-refractivity contribution in [2.75, 3.05) is 12.8 Å². The Bertz CT molecular complexity index is 658. The van der Waals surface area contributed by atoms with Gasteiger partial charge in [-0.05, 0) is 42.0 Å². The maximum Gasteiger partial charge on any atom is 0.169 e. The number of Topliss-reactive ketones (excluding diaryl/α,β-unsaturated/α-hetero) is 1. The van der Waals surface area contributed by atoms with E-state index in [1.807, 2.05) is 18.2 Å². The zero-order valence-corrected chi connectivity index (χ0v) is 13.2. The van der Waals surface area contributed by atoms with Crippen LogP contribution in [-0.4, -0.2) is 12.9 Å². The summed E-state index contributed by atoms with van der Waals surface area (Å²) in [6.07, 6.45) is 0.240. The lowest BCUT2D eigenvalue weighted by atomic mass is 10.0. The van der Waals surface area contributed by atoms with Gasteiger partial charge in [-0.15, -0.1) is 0 Å². The van der Waals surface area contributed by atoms with Gasteiger partial charge in [-0.1, -0.05) is 27.5 Å². The van der Waals surface area contributed by atoms with Crippen LogP contribution in [-0.2, 0) is 6.42 Å². The minimum atomic E-state index is -0.0619. The molecule has 0 aliphatic rings. The molecule has 20 heavy (non-hydrogen) atoms. The number of carbonyl (C=O) groups is 1. The maximum atomic E-state index is 12.3. The van der Waals surface area contributed by atoms with E-state index >= 15 is 0 Å². The molecule has 0 saturated heterocycles. The van der Waals surface area contributed by atoms with Gasteiger partial charge in [0.1, 0.15) is 5.75 Å². The standard InChI is InChI=1S/C15H13BrClNO2/c1-20-11-3-5-13(16)9(6-11)7-15(19)12-4-2-10(17)8-14(12)18/h2-6,8H,7,18H2,1H3. The number of hydrogen-bond acceptors (Lipinski definition) is 3. The Balaban J connectivity index is 2.27. The van der Waals surface area contributed by atoms with E-state index in [2.05, 4.69) is 15.9 Å². The molecule has 0 aromatic heterocycles. The highest BCUT2D eigenvalue weighted by Crippen LogP contribution is 2.25. The highest BCUT2D eigenvalue weighted by Gasteiger charge is 2.13. The van der Waals surface area contributed by atoms with Gasteiger partial charge < -0.3 is 10.5 Å². The fraction of sp³-hybridized carbons (Fsp3) is 0.133. The first kappa shape index (κ1) is 14.9. The Morgan fingerprint density at radius 3 is 2.70 bits per heavy atom. The van der Waals surface area contributed by atoms with Gasteiger partial charge in [0.25, 0.3) is 0 Å². The normalized spacial score (nSPS) is 10.3. The Hall–Kier alpha value is -1.52. The number of carbonyl (C=O) groups excluding carboxylic acids is 1. The number of nitrogen functional groups attached to an aromatic ring is 1. The van der Waals surface area contributed by atoms with Crippen LogP contribution in [0.3, 0.4) is 0 Å². The van der Waals surface area contributed by atoms with Gasteiger partial charge in [-0.2, -0.15) is 0 Å². The highest BCUT2D eigenvalue weighted by atomic mass is 79.9. The summed E-state index contributed by atoms with van der Waals surface area (Å²) < 4.78 is 6.02. The number of hydrogen-bond donors (Lipinski definition) is 1. The van der Waals surface area contributed by atoms with E-state index < -0.39 is 0 Å². The number of ketones is 1. The van der Waals surface area contributed by atoms with E-state index in [1.165, 1.54) is 0 Å². The Labute approximate surface area is 130 Å². The van der Waals surface area contributed by atoms with Crippen LogP contribution in [0.1, 0.15) is 15.9 Å². The lowest BCUT2D eigenvalue weighted by Crippen LogP contribution is -2.07. The van der Waals surface area contributed by atoms with Crippen molar-refractivity contribution in [1.82, 2.24) is 0 Å². The summed E-state index contributed by atoms with van der Waals surface area (Å²) >= 11 is 9.26. The third-order valence-corrected chi connectivity index (χ3v) is 3.93. The van der Waals surface area contributed by atoms with Gasteiger partial charge in [-0.3, -0.25) is 4.79 Å². The molecule has 0 unspecified atom stereocenters. The number of benzene rings is 2. The first-order valence-corrected chi connectivity index (χ1v) is 7.09. The Morgan fingerprint density at radius 1 is 1.30 bits per heavy atom. The lowest BCUT2D eigenvalue weighted by molar-refractivity contribution is 0.0993. The van der Waals surface area contributed by atoms with Crippen LogP contribution in [0.2, 0.25) is 5.02 Å². The molecule has 0 atom stereocenters. The maximum absolute atomic E-state index is 12.3. The summed E-state index contributed by atoms with van der Waals surface area (Å²) in [6, 6.07) is 10.4. The zero-order chi connectivity index (χ0) is 14.7. The molecule has 2 N–H and O–H groups in total. The molecule has 2 aromatic rings. The molecule has 0 amide bonds. The van der Waals surface area contributed by atoms with Gasteiger partial charge in [-0.25, -0.2) is 0 Å². The summed E-state index contributed by atoms with van der Waals surface area (Å²) in [7, 11) is 1.59. The van der Waals surface area contributed by atoms with Gasteiger partial charge in [0.2, 0.25) is 0 Å². The molecule has 5 heteroatoms. The number of anilines is 1. The molecular weight excluding hydrogens is 342 g/mol. The van der Waals surface area contributed by atoms with E-state index in [0.29, 0.717) is 22.0 Å². The van der Waals surface area contributed by atoms with E-state index in [4.69, 9.17) is 22.1 Å². The van der Waals surface area contributed by atoms with E-state index in [-0.39, 0.29) is 12.2 Å². The minimum Gasteiger partial charge on any atom is -0.497 e. The molecule has 2 aromatic carbocycles. The predicted molar refractivity (Wildman–Crippen MR) is 84.6 cm³/mol. The Kier molecular flexibility index (Phi) is 4.68. The van der Waals surface area contributed by atoms with Crippen LogP contribution in [0.25, 0.3) is 0 Å². The number of methoxy groups -OCH3 is 1. The van der Waals surface area contributed by atoms with Gasteiger partial charge in [0.15, 0.2) is 5.78 Å². The third-order valence-electron chi connectivity index (χ3n) is 2.92. The van der Waals surface area contributed by atoms with Gasteiger partial charge >= 0.3 is 0 Å². The topological polar surface area (TPSA) is 52.3 Å². The fourth-order valence-electron chi connectivity index (χ4n) is 1.87. The second kappa shape index (κ2) is 6.29. The second-order valence-electron chi connectivity index (χ2n) is 4.29. The van der Waals surface area contributed by atoms with Crippen molar-refractivity contribution in [3.8, 4) is 5.75 Å². The van der Waals surface area contributed by atoms with E-state index in [0.717, 1.165) is 10.0 Å². The van der Waals surface area contributed by atoms with Crippen LogP contribution in [0.4, 0.5) is 5.69 Å². The van der Waals surface area contributed by atoms with E-state index in [9.17, 15) is 4.79 Å². The summed E-state index contributed by atoms with van der Waals surface area (Å²) in [5.74, 6) is 0.646. The molecular formula is C15H13BrClNO2. The summed E-state index contributed by atoms with van der Waals surface area (Å²) in [5, 5.41) is 0.515. The van der Waals surface area contributed by atoms with Crippen LogP contribution >= 0.6 is 27.5 Å². The minimum absolute atomic E-state index is 0.0619. The monoisotopic (exact) mass is 353 g/mol. The average Bonchev–Trinajstić information content (AvgIpc) is 2.41. The molecule has 0 bridgehead atoms. The molecule has 0 saturated carbocycles. The molecule has 0 fully saturated rings. The van der Waals surface area contributed by atoms with Crippen LogP contribution in [0.15, 0.2) is 40.9 Å². The largest absolute Gasteiger partial charge is 0.497 e. The number of ether oxygens (including phenoxy) is 1. The lowest BCUT2D eigenvalue weighted by Gasteiger charge is -2.08. The fourth-order valence-corrected chi connectivity index (χ4v) is 2.44. The molecule has 0 radical (unpaired) electrons. The van der Waals surface area contributed by atoms with Crippen molar-refractivity contribution in [3.63, 3.8) is 0 Å². The van der Waals surface area contributed by atoms with Crippen LogP contribution in [0, 0.1) is 0 Å². The Morgan fingerprint density at radius 2 is 2.05 bits per heavy atom. The first-order valence-electron chi connectivity index (χ1n) is 5.92. The summed E-state index contributed by atoms with van der Waals surface area (Å²) in [6.45, 7) is 0. The molecule has 0 heterocycles. The summed E-state index contributed by atoms with van der Waals surface area (Å²) in [4.78, 5) is 12.3. The molecule has 2 rings (SSSR count). The van der Waals surface area contributed by atoms with Crippen LogP contribution < -0.4 is 10.5 Å². The predicted octanol–water partition coefficient (Wildman–Crippen LogP) is 4.12. The quantitative estimate of drug-likeness (QED) is 0.664. The van der Waals surface area contributed by atoms with Crippen molar-refractivity contribution in [2.24, 2.45) is 0 Å². The van der Waals surface area contributed by atoms with Crippen molar-refractivity contribution < 1.29 is 9.53 Å². The van der Waals surface area contributed by atoms with Crippen molar-refractivity contribution in [3.05, 3.63) is 57.0 Å². The van der Waals surface area contributed by atoms with Crippen molar-refractivity contribution in [1.29, 1.82) is 0 Å². The average molecular weight is 355 g/mol. The molecule has 0 aliphatic carbocycles. The molecule has 0 aliphatic heterocycles. The van der Waals surface area contributed by atoms with Crippen LogP contribution in [0.5, 0.6) is 5.75 Å². The van der Waals surface area contributed by atoms with Crippen molar-refractivity contribution in [2.45, 2.75) is 6.42 Å². The van der Waals surface area contributed by atoms with Gasteiger partial charge in [0, 0.05) is 27.2 Å². The summed E-state index contributed by atoms with van der Waals surface area (Å²) in [5.41, 5.74) is 7.55. The first-order chi connectivity index (χ1) is 9.51. The second-order valence-corrected chi connectivity index (χ2v) is 5.58. The SMILES string of the molecule is COc1ccc(Br)c(CC(=O)c2ccc(Cl)cc2N)c1.